The van der Waals surface area contributed by atoms with Gasteiger partial charge < -0.3 is 5.11 Å². The summed E-state index contributed by atoms with van der Waals surface area (Å²) < 4.78 is 1.74. The van der Waals surface area contributed by atoms with Crippen LogP contribution >= 0.6 is 11.6 Å². The molecule has 0 aromatic carbocycles. The van der Waals surface area contributed by atoms with Crippen LogP contribution in [0.2, 0.25) is 5.02 Å². The van der Waals surface area contributed by atoms with Crippen LogP contribution in [0.15, 0.2) is 6.20 Å². The Balaban J connectivity index is 2.09. The summed E-state index contributed by atoms with van der Waals surface area (Å²) in [6.45, 7) is 5.53. The quantitative estimate of drug-likeness (QED) is 0.842. The van der Waals surface area contributed by atoms with E-state index in [1.165, 1.54) is 0 Å². The first kappa shape index (κ1) is 14.3. The van der Waals surface area contributed by atoms with E-state index in [0.29, 0.717) is 17.5 Å². The third kappa shape index (κ3) is 3.28. The first-order chi connectivity index (χ1) is 8.82. The van der Waals surface area contributed by atoms with Gasteiger partial charge >= 0.3 is 5.97 Å². The molecular weight excluding hydrogens is 266 g/mol. The highest BCUT2D eigenvalue weighted by atomic mass is 35.5. The Morgan fingerprint density at radius 3 is 2.79 bits per heavy atom. The van der Waals surface area contributed by atoms with Crippen molar-refractivity contribution >= 4 is 17.6 Å². The summed E-state index contributed by atoms with van der Waals surface area (Å²) in [6.07, 6.45) is 4.34. The number of rotatable bonds is 6. The molecule has 0 aliphatic heterocycles. The highest BCUT2D eigenvalue weighted by Gasteiger charge is 2.39. The molecule has 1 heterocycles. The summed E-state index contributed by atoms with van der Waals surface area (Å²) in [7, 11) is 0. The molecule has 5 nitrogen and oxygen atoms in total. The highest BCUT2D eigenvalue weighted by Crippen LogP contribution is 2.28. The molecule has 0 bridgehead atoms. The van der Waals surface area contributed by atoms with Crippen molar-refractivity contribution in [3.8, 4) is 0 Å². The topological polar surface area (TPSA) is 67.2 Å². The molecule has 1 aliphatic rings. The molecule has 0 spiro atoms. The second-order valence-corrected chi connectivity index (χ2v) is 6.06. The number of hydrogen-bond donors (Lipinski definition) is 2. The van der Waals surface area contributed by atoms with Crippen LogP contribution in [0, 0.1) is 6.92 Å². The van der Waals surface area contributed by atoms with Crippen LogP contribution < -0.4 is 5.32 Å². The Hall–Kier alpha value is -1.07. The summed E-state index contributed by atoms with van der Waals surface area (Å²) in [4.78, 5) is 11.5. The van der Waals surface area contributed by atoms with Gasteiger partial charge in [-0.3, -0.25) is 14.8 Å². The Kier molecular flexibility index (Phi) is 3.87. The van der Waals surface area contributed by atoms with E-state index >= 15 is 0 Å². The number of carboxylic acids is 1. The highest BCUT2D eigenvalue weighted by molar-refractivity contribution is 6.31. The first-order valence-corrected chi connectivity index (χ1v) is 6.92. The van der Waals surface area contributed by atoms with Crippen molar-refractivity contribution in [2.75, 3.05) is 0 Å². The zero-order valence-corrected chi connectivity index (χ0v) is 12.2. The number of halogens is 1. The molecule has 0 radical (unpaired) electrons. The number of nitrogens with zero attached hydrogens (tertiary/aromatic N) is 2. The van der Waals surface area contributed by atoms with Crippen molar-refractivity contribution < 1.29 is 9.90 Å². The molecule has 19 heavy (non-hydrogen) atoms. The third-order valence-corrected chi connectivity index (χ3v) is 3.96. The third-order valence-electron chi connectivity index (χ3n) is 3.58. The van der Waals surface area contributed by atoms with E-state index < -0.39 is 11.5 Å². The predicted molar refractivity (Wildman–Crippen MR) is 73.5 cm³/mol. The normalized spacial score (nSPS) is 20.0. The fourth-order valence-corrected chi connectivity index (χ4v) is 2.39. The van der Waals surface area contributed by atoms with Crippen LogP contribution in [0.1, 0.15) is 44.8 Å². The van der Waals surface area contributed by atoms with E-state index in [-0.39, 0.29) is 6.04 Å². The molecule has 106 valence electrons. The molecule has 2 atom stereocenters. The van der Waals surface area contributed by atoms with Gasteiger partial charge in [-0.1, -0.05) is 11.6 Å². The zero-order chi connectivity index (χ0) is 14.2. The minimum atomic E-state index is -0.924. The van der Waals surface area contributed by atoms with Gasteiger partial charge in [-0.05, 0) is 40.0 Å². The van der Waals surface area contributed by atoms with Gasteiger partial charge in [0.15, 0.2) is 0 Å². The number of hydrogen-bond acceptors (Lipinski definition) is 3. The van der Waals surface area contributed by atoms with Gasteiger partial charge in [0.2, 0.25) is 0 Å². The number of carboxylic acid groups (broad SMARTS) is 1. The Bertz CT molecular complexity index is 465. The van der Waals surface area contributed by atoms with Gasteiger partial charge in [0.25, 0.3) is 0 Å². The molecule has 1 aromatic rings. The lowest BCUT2D eigenvalue weighted by Gasteiger charge is -2.29. The van der Waals surface area contributed by atoms with Crippen molar-refractivity contribution in [2.24, 2.45) is 0 Å². The lowest BCUT2D eigenvalue weighted by Crippen LogP contribution is -2.51. The number of aromatic nitrogens is 2. The van der Waals surface area contributed by atoms with Crippen molar-refractivity contribution in [3.63, 3.8) is 0 Å². The molecule has 2 N–H and O–H groups in total. The SMILES string of the molecule is Cc1nn(C(C)CC(C)(NC2CC2)C(=O)O)cc1Cl. The lowest BCUT2D eigenvalue weighted by atomic mass is 9.93. The van der Waals surface area contributed by atoms with E-state index in [0.717, 1.165) is 18.5 Å². The second kappa shape index (κ2) is 5.13. The summed E-state index contributed by atoms with van der Waals surface area (Å²) in [5.41, 5.74) is -0.159. The van der Waals surface area contributed by atoms with Crippen LogP contribution in [0.3, 0.4) is 0 Å². The molecule has 1 fully saturated rings. The van der Waals surface area contributed by atoms with Crippen LogP contribution in [-0.2, 0) is 4.79 Å². The van der Waals surface area contributed by atoms with Crippen molar-refractivity contribution in [1.82, 2.24) is 15.1 Å². The molecule has 1 aromatic heterocycles. The van der Waals surface area contributed by atoms with Crippen LogP contribution in [0.5, 0.6) is 0 Å². The van der Waals surface area contributed by atoms with E-state index in [1.54, 1.807) is 17.8 Å². The number of aliphatic carboxylic acids is 1. The fraction of sp³-hybridized carbons (Fsp3) is 0.692. The second-order valence-electron chi connectivity index (χ2n) is 5.65. The predicted octanol–water partition coefficient (Wildman–Crippen LogP) is 2.39. The van der Waals surface area contributed by atoms with Crippen LogP contribution in [-0.4, -0.2) is 32.4 Å². The van der Waals surface area contributed by atoms with Gasteiger partial charge in [0, 0.05) is 12.2 Å². The van der Waals surface area contributed by atoms with E-state index in [2.05, 4.69) is 10.4 Å². The molecular formula is C13H20ClN3O2. The average Bonchev–Trinajstić information content (AvgIpc) is 3.04. The Morgan fingerprint density at radius 2 is 2.37 bits per heavy atom. The smallest absolute Gasteiger partial charge is 0.323 e. The summed E-state index contributed by atoms with van der Waals surface area (Å²) in [5, 5.41) is 17.6. The largest absolute Gasteiger partial charge is 0.480 e. The molecule has 0 saturated heterocycles. The van der Waals surface area contributed by atoms with Crippen molar-refractivity contribution in [1.29, 1.82) is 0 Å². The van der Waals surface area contributed by atoms with Crippen LogP contribution in [0.25, 0.3) is 0 Å². The van der Waals surface area contributed by atoms with Gasteiger partial charge in [-0.25, -0.2) is 0 Å². The number of nitrogens with one attached hydrogen (secondary N) is 1. The van der Waals surface area contributed by atoms with Crippen molar-refractivity contribution in [3.05, 3.63) is 16.9 Å². The maximum absolute atomic E-state index is 11.5. The Labute approximate surface area is 117 Å². The molecule has 2 rings (SSSR count). The molecule has 0 amide bonds. The van der Waals surface area contributed by atoms with Gasteiger partial charge in [-0.2, -0.15) is 5.10 Å². The summed E-state index contributed by atoms with van der Waals surface area (Å²) in [5.74, 6) is -0.818. The van der Waals surface area contributed by atoms with Crippen molar-refractivity contribution in [2.45, 2.75) is 57.7 Å². The maximum Gasteiger partial charge on any atom is 0.323 e. The molecule has 1 saturated carbocycles. The van der Waals surface area contributed by atoms with Gasteiger partial charge in [0.1, 0.15) is 5.54 Å². The molecule has 2 unspecified atom stereocenters. The monoisotopic (exact) mass is 285 g/mol. The summed E-state index contributed by atoms with van der Waals surface area (Å²) >= 11 is 5.99. The van der Waals surface area contributed by atoms with E-state index in [9.17, 15) is 9.90 Å². The molecule has 1 aliphatic carbocycles. The average molecular weight is 286 g/mol. The molecule has 6 heteroatoms. The number of aryl methyl sites for hydroxylation is 1. The minimum Gasteiger partial charge on any atom is -0.480 e. The van der Waals surface area contributed by atoms with Gasteiger partial charge in [0.05, 0.1) is 16.8 Å². The number of carbonyl (C=O) groups is 1. The zero-order valence-electron chi connectivity index (χ0n) is 11.5. The first-order valence-electron chi connectivity index (χ1n) is 6.54. The van der Waals surface area contributed by atoms with Gasteiger partial charge in [-0.15, -0.1) is 0 Å². The Morgan fingerprint density at radius 1 is 1.74 bits per heavy atom. The lowest BCUT2D eigenvalue weighted by molar-refractivity contribution is -0.145. The maximum atomic E-state index is 11.5. The van der Waals surface area contributed by atoms with E-state index in [4.69, 9.17) is 11.6 Å². The standard InChI is InChI=1S/C13H20ClN3O2/c1-8(17-7-11(14)9(2)16-17)6-13(3,12(18)19)15-10-4-5-10/h7-8,10,15H,4-6H2,1-3H3,(H,18,19). The minimum absolute atomic E-state index is 0.0291. The van der Waals surface area contributed by atoms with Crippen LogP contribution in [0.4, 0.5) is 0 Å². The fourth-order valence-electron chi connectivity index (χ4n) is 2.26. The van der Waals surface area contributed by atoms with E-state index in [1.807, 2.05) is 13.8 Å². The summed E-state index contributed by atoms with van der Waals surface area (Å²) in [6, 6.07) is 0.315.